The molecule has 0 spiro atoms. The Morgan fingerprint density at radius 1 is 1.12 bits per heavy atom. The van der Waals surface area contributed by atoms with E-state index >= 15 is 0 Å². The number of nitrogens with one attached hydrogen (secondary N) is 1. The highest BCUT2D eigenvalue weighted by molar-refractivity contribution is 7.88. The molecule has 0 amide bonds. The number of hydrogen-bond acceptors (Lipinski definition) is 9. The van der Waals surface area contributed by atoms with Gasteiger partial charge in [-0.25, -0.2) is 18.4 Å². The Kier molecular flexibility index (Phi) is 9.76. The smallest absolute Gasteiger partial charge is 0.367 e. The van der Waals surface area contributed by atoms with Crippen molar-refractivity contribution in [3.05, 3.63) is 52.3 Å². The van der Waals surface area contributed by atoms with E-state index in [0.717, 1.165) is 60.3 Å². The molecule has 10 nitrogen and oxygen atoms in total. The minimum Gasteiger partial charge on any atom is -0.367 e. The van der Waals surface area contributed by atoms with E-state index in [1.54, 1.807) is 10.4 Å². The van der Waals surface area contributed by atoms with Gasteiger partial charge in [0.05, 0.1) is 18.1 Å². The monoisotopic (exact) mass is 702 g/mol. The maximum Gasteiger partial charge on any atom is 0.393 e. The van der Waals surface area contributed by atoms with E-state index in [4.69, 9.17) is 0 Å². The summed E-state index contributed by atoms with van der Waals surface area (Å²) in [6.45, 7) is 11.1. The van der Waals surface area contributed by atoms with Crippen molar-refractivity contribution in [1.82, 2.24) is 28.6 Å². The van der Waals surface area contributed by atoms with Gasteiger partial charge in [-0.2, -0.15) is 22.7 Å². The van der Waals surface area contributed by atoms with Gasteiger partial charge >= 0.3 is 6.18 Å². The highest BCUT2D eigenvalue weighted by Crippen LogP contribution is 2.34. The molecule has 48 heavy (non-hydrogen) atoms. The van der Waals surface area contributed by atoms with Crippen LogP contribution in [-0.2, 0) is 29.5 Å². The van der Waals surface area contributed by atoms with Crippen LogP contribution in [0.25, 0.3) is 21.1 Å². The number of anilines is 1. The Labute approximate surface area is 283 Å². The summed E-state index contributed by atoms with van der Waals surface area (Å²) >= 11 is 1.06. The zero-order valence-electron chi connectivity index (χ0n) is 27.6. The number of thiophene rings is 1. The first-order valence-electron chi connectivity index (χ1n) is 16.2. The molecule has 2 unspecified atom stereocenters. The number of aryl methyl sites for hydroxylation is 1. The summed E-state index contributed by atoms with van der Waals surface area (Å²) in [6.07, 6.45) is -0.827. The van der Waals surface area contributed by atoms with Crippen molar-refractivity contribution in [3.8, 4) is 6.07 Å². The lowest BCUT2D eigenvalue weighted by atomic mass is 10.0. The first kappa shape index (κ1) is 34.6. The molecule has 3 aromatic heterocycles. The molecule has 4 aromatic rings. The van der Waals surface area contributed by atoms with E-state index < -0.39 is 22.6 Å². The number of sulfonamides is 1. The van der Waals surface area contributed by atoms with Crippen molar-refractivity contribution in [2.24, 2.45) is 0 Å². The lowest BCUT2D eigenvalue weighted by Crippen LogP contribution is -2.56. The molecular weight excluding hydrogens is 662 g/mol. The molecule has 1 aromatic carbocycles. The van der Waals surface area contributed by atoms with Gasteiger partial charge in [-0.1, -0.05) is 6.07 Å². The van der Waals surface area contributed by atoms with Crippen molar-refractivity contribution in [2.75, 3.05) is 44.3 Å². The van der Waals surface area contributed by atoms with Crippen molar-refractivity contribution in [2.45, 2.75) is 77.4 Å². The summed E-state index contributed by atoms with van der Waals surface area (Å²) in [7, 11) is -3.24. The fraction of sp³-hybridized carbons (Fsp3) is 0.545. The van der Waals surface area contributed by atoms with Crippen molar-refractivity contribution in [1.29, 1.82) is 5.26 Å². The van der Waals surface area contributed by atoms with Crippen molar-refractivity contribution in [3.63, 3.8) is 0 Å². The number of nitriles is 1. The first-order valence-corrected chi connectivity index (χ1v) is 18.9. The predicted octanol–water partition coefficient (Wildman–Crippen LogP) is 5.36. The summed E-state index contributed by atoms with van der Waals surface area (Å²) < 4.78 is 66.8. The number of piperidine rings is 1. The van der Waals surface area contributed by atoms with Crippen LogP contribution in [0.3, 0.4) is 0 Å². The minimum atomic E-state index is -4.27. The predicted molar refractivity (Wildman–Crippen MR) is 183 cm³/mol. The Balaban J connectivity index is 1.09. The number of rotatable bonds is 9. The fourth-order valence-corrected chi connectivity index (χ4v) is 9.36. The average molecular weight is 703 g/mol. The molecule has 6 rings (SSSR count). The maximum absolute atomic E-state index is 13.0. The van der Waals surface area contributed by atoms with Gasteiger partial charge in [-0.05, 0) is 62.9 Å². The van der Waals surface area contributed by atoms with E-state index in [1.165, 1.54) is 18.1 Å². The molecule has 0 radical (unpaired) electrons. The van der Waals surface area contributed by atoms with Crippen LogP contribution >= 0.6 is 11.3 Å². The van der Waals surface area contributed by atoms with Crippen LogP contribution in [0, 0.1) is 18.3 Å². The maximum atomic E-state index is 13.0. The van der Waals surface area contributed by atoms with Crippen molar-refractivity contribution >= 4 is 48.3 Å². The average Bonchev–Trinajstić information content (AvgIpc) is 3.59. The Bertz CT molecular complexity index is 1940. The van der Waals surface area contributed by atoms with E-state index in [2.05, 4.69) is 61.7 Å². The number of aromatic nitrogens is 3. The van der Waals surface area contributed by atoms with Gasteiger partial charge in [0.2, 0.25) is 10.0 Å². The number of likely N-dealkylation sites (tertiary alicyclic amines) is 1. The van der Waals surface area contributed by atoms with Gasteiger partial charge in [0.25, 0.3) is 0 Å². The molecule has 2 atom stereocenters. The molecule has 2 fully saturated rings. The zero-order valence-corrected chi connectivity index (χ0v) is 29.2. The highest BCUT2D eigenvalue weighted by Gasteiger charge is 2.32. The number of alkyl halides is 3. The van der Waals surface area contributed by atoms with Crippen LogP contribution in [0.4, 0.5) is 19.0 Å². The van der Waals surface area contributed by atoms with Crippen molar-refractivity contribution < 1.29 is 21.6 Å². The van der Waals surface area contributed by atoms with Crippen LogP contribution in [0.15, 0.2) is 30.6 Å². The second-order valence-corrected chi connectivity index (χ2v) is 16.3. The van der Waals surface area contributed by atoms with Crippen LogP contribution in [0.1, 0.15) is 48.4 Å². The quantitative estimate of drug-likeness (QED) is 0.248. The zero-order chi connectivity index (χ0) is 34.4. The molecule has 1 N–H and O–H groups in total. The van der Waals surface area contributed by atoms with Gasteiger partial charge in [-0.15, -0.1) is 11.3 Å². The van der Waals surface area contributed by atoms with Gasteiger partial charge in [0.15, 0.2) is 0 Å². The fourth-order valence-electron chi connectivity index (χ4n) is 7.20. The topological polar surface area (TPSA) is 110 Å². The number of piperazine rings is 1. The largest absolute Gasteiger partial charge is 0.393 e. The normalized spacial score (nSPS) is 20.0. The molecule has 0 aliphatic carbocycles. The summed E-state index contributed by atoms with van der Waals surface area (Å²) in [5, 5.41) is 15.2. The highest BCUT2D eigenvalue weighted by atomic mass is 32.2. The number of benzene rings is 1. The second kappa shape index (κ2) is 13.5. The lowest BCUT2D eigenvalue weighted by molar-refractivity contribution is -0.126. The lowest BCUT2D eigenvalue weighted by Gasteiger charge is -2.41. The van der Waals surface area contributed by atoms with E-state index in [0.29, 0.717) is 47.9 Å². The third-order valence-corrected chi connectivity index (χ3v) is 12.2. The molecule has 258 valence electrons. The van der Waals surface area contributed by atoms with Crippen LogP contribution < -0.4 is 5.32 Å². The third-order valence-electron chi connectivity index (χ3n) is 9.75. The van der Waals surface area contributed by atoms with E-state index in [9.17, 15) is 26.9 Å². The summed E-state index contributed by atoms with van der Waals surface area (Å²) in [4.78, 5) is 14.0. The van der Waals surface area contributed by atoms with Crippen LogP contribution in [0.5, 0.6) is 0 Å². The first-order chi connectivity index (χ1) is 22.7. The third kappa shape index (κ3) is 7.47. The molecule has 5 heterocycles. The van der Waals surface area contributed by atoms with Gasteiger partial charge in [-0.3, -0.25) is 9.80 Å². The van der Waals surface area contributed by atoms with Crippen LogP contribution in [-0.4, -0.2) is 100 Å². The standard InChI is InChI=1S/C33H41F3N8O2S2/c1-21(42-11-12-44(22(2)17-42)48(4,45)46)18-43-26(16-37)13-28-23(3)24(5-6-30(28)43)19-41-9-7-25(8-10-41)40-31-29-14-27(15-33(34,35)36)47-32(29)39-20-38-31/h5-6,13-14,20-22,25H,7-12,15,17-19H2,1-4H3,(H,38,39,40). The number of nitrogens with zero attached hydrogens (tertiary/aromatic N) is 7. The number of hydrogen-bond donors (Lipinski definition) is 1. The van der Waals surface area contributed by atoms with E-state index in [-0.39, 0.29) is 23.0 Å². The van der Waals surface area contributed by atoms with Crippen LogP contribution in [0.2, 0.25) is 0 Å². The van der Waals surface area contributed by atoms with E-state index in [1.807, 2.05) is 13.0 Å². The Hall–Kier alpha value is -3.29. The molecule has 15 heteroatoms. The molecular formula is C33H41F3N8O2S2. The second-order valence-electron chi connectivity index (χ2n) is 13.2. The molecule has 2 aliphatic heterocycles. The van der Waals surface area contributed by atoms with Gasteiger partial charge in [0, 0.05) is 79.7 Å². The number of fused-ring (bicyclic) bond motifs is 2. The van der Waals surface area contributed by atoms with Gasteiger partial charge in [0.1, 0.15) is 28.7 Å². The Morgan fingerprint density at radius 3 is 2.54 bits per heavy atom. The molecule has 0 saturated carbocycles. The SMILES string of the molecule is Cc1c(CN2CCC(Nc3ncnc4sc(CC(F)(F)F)cc34)CC2)ccc2c1cc(C#N)n2CC(C)N1CCN(S(C)(=O)=O)C(C)C1. The van der Waals surface area contributed by atoms with Gasteiger partial charge < -0.3 is 9.88 Å². The molecule has 2 saturated heterocycles. The minimum absolute atomic E-state index is 0.109. The molecule has 0 bridgehead atoms. The summed E-state index contributed by atoms with van der Waals surface area (Å²) in [6, 6.07) is 10.3. The molecule has 2 aliphatic rings. The summed E-state index contributed by atoms with van der Waals surface area (Å²) in [5.74, 6) is 0.585. The number of halogens is 3. The Morgan fingerprint density at radius 2 is 1.88 bits per heavy atom. The summed E-state index contributed by atoms with van der Waals surface area (Å²) in [5.41, 5.74) is 4.00.